The average Bonchev–Trinajstić information content (AvgIpc) is 3.30. The Labute approximate surface area is 142 Å². The van der Waals surface area contributed by atoms with Gasteiger partial charge in [-0.25, -0.2) is 4.39 Å². The van der Waals surface area contributed by atoms with Crippen molar-refractivity contribution in [3.63, 3.8) is 0 Å². The number of carbonyl (C=O) groups is 1. The summed E-state index contributed by atoms with van der Waals surface area (Å²) >= 11 is 0. The number of halogens is 1. The first-order valence-electron chi connectivity index (χ1n) is 8.99. The maximum absolute atomic E-state index is 13.4. The Bertz CT molecular complexity index is 617. The highest BCUT2D eigenvalue weighted by molar-refractivity contribution is 5.83. The van der Waals surface area contributed by atoms with Crippen LogP contribution in [0, 0.1) is 17.7 Å². The lowest BCUT2D eigenvalue weighted by molar-refractivity contribution is -0.131. The number of carbonyl (C=O) groups excluding carboxylic acids is 1. The van der Waals surface area contributed by atoms with Gasteiger partial charge in [0.05, 0.1) is 13.2 Å². The lowest BCUT2D eigenvalue weighted by Gasteiger charge is -2.34. The fourth-order valence-corrected chi connectivity index (χ4v) is 4.32. The monoisotopic (exact) mass is 332 g/mol. The lowest BCUT2D eigenvalue weighted by Crippen LogP contribution is -2.47. The molecule has 3 fully saturated rings. The number of hydrogen-bond acceptors (Lipinski definition) is 3. The molecule has 1 aliphatic carbocycles. The quantitative estimate of drug-likeness (QED) is 0.850. The van der Waals surface area contributed by atoms with Crippen LogP contribution in [0.4, 0.5) is 4.39 Å². The zero-order valence-electron chi connectivity index (χ0n) is 14.2. The molecule has 1 amide bonds. The summed E-state index contributed by atoms with van der Waals surface area (Å²) in [7, 11) is 0. The van der Waals surface area contributed by atoms with E-state index >= 15 is 0 Å². The minimum absolute atomic E-state index is 0.0439. The van der Waals surface area contributed by atoms with Crippen LogP contribution in [0.2, 0.25) is 0 Å². The molecule has 2 aliphatic heterocycles. The highest BCUT2D eigenvalue weighted by Crippen LogP contribution is 2.49. The number of hydrogen-bond donors (Lipinski definition) is 0. The van der Waals surface area contributed by atoms with Crippen molar-refractivity contribution in [1.29, 1.82) is 0 Å². The van der Waals surface area contributed by atoms with E-state index in [1.807, 2.05) is 11.0 Å². The van der Waals surface area contributed by atoms with Crippen molar-refractivity contribution in [2.45, 2.75) is 25.3 Å². The minimum atomic E-state index is -0.215. The third-order valence-corrected chi connectivity index (χ3v) is 5.78. The minimum Gasteiger partial charge on any atom is -0.379 e. The Hall–Kier alpha value is -1.46. The zero-order chi connectivity index (χ0) is 16.7. The summed E-state index contributed by atoms with van der Waals surface area (Å²) in [6.45, 7) is 7.42. The van der Waals surface area contributed by atoms with E-state index in [1.165, 1.54) is 6.07 Å². The standard InChI is InChI=1S/C19H25FN2O2/c1-13-11-22(12-18(13)21-5-7-24-8-6-21)19(23)17-10-16(17)14-3-2-4-15(20)9-14/h2-4,9,13,16-18H,5-8,10-12H2,1H3/t13-,16+,17-,18+/m1/s1. The van der Waals surface area contributed by atoms with E-state index in [0.717, 1.165) is 51.4 Å². The van der Waals surface area contributed by atoms with E-state index in [9.17, 15) is 9.18 Å². The lowest BCUT2D eigenvalue weighted by atomic mass is 10.0. The molecule has 2 saturated heterocycles. The van der Waals surface area contributed by atoms with E-state index in [2.05, 4.69) is 11.8 Å². The molecule has 1 aromatic rings. The summed E-state index contributed by atoms with van der Waals surface area (Å²) in [5, 5.41) is 0. The summed E-state index contributed by atoms with van der Waals surface area (Å²) in [6.07, 6.45) is 0.857. The molecular formula is C19H25FN2O2. The van der Waals surface area contributed by atoms with Gasteiger partial charge in [-0.3, -0.25) is 9.69 Å². The molecule has 0 unspecified atom stereocenters. The second kappa shape index (κ2) is 6.45. The van der Waals surface area contributed by atoms with E-state index in [-0.39, 0.29) is 23.6 Å². The first kappa shape index (κ1) is 16.0. The van der Waals surface area contributed by atoms with E-state index < -0.39 is 0 Å². The van der Waals surface area contributed by atoms with Crippen LogP contribution in [0.5, 0.6) is 0 Å². The maximum atomic E-state index is 13.4. The van der Waals surface area contributed by atoms with Crippen molar-refractivity contribution in [3.05, 3.63) is 35.6 Å². The third-order valence-electron chi connectivity index (χ3n) is 5.78. The molecular weight excluding hydrogens is 307 g/mol. The predicted molar refractivity (Wildman–Crippen MR) is 89.2 cm³/mol. The van der Waals surface area contributed by atoms with Crippen molar-refractivity contribution in [1.82, 2.24) is 9.80 Å². The van der Waals surface area contributed by atoms with Crippen LogP contribution in [0.15, 0.2) is 24.3 Å². The molecule has 0 radical (unpaired) electrons. The first-order valence-corrected chi connectivity index (χ1v) is 8.99. The molecule has 130 valence electrons. The van der Waals surface area contributed by atoms with Crippen molar-refractivity contribution in [3.8, 4) is 0 Å². The van der Waals surface area contributed by atoms with Crippen molar-refractivity contribution < 1.29 is 13.9 Å². The molecule has 4 nitrogen and oxygen atoms in total. The van der Waals surface area contributed by atoms with Gasteiger partial charge in [0.1, 0.15) is 5.82 Å². The summed E-state index contributed by atoms with van der Waals surface area (Å²) in [6, 6.07) is 7.14. The fourth-order valence-electron chi connectivity index (χ4n) is 4.32. The van der Waals surface area contributed by atoms with Gasteiger partial charge in [-0.15, -0.1) is 0 Å². The topological polar surface area (TPSA) is 32.8 Å². The number of ether oxygens (including phenoxy) is 1. The molecule has 0 bridgehead atoms. The van der Waals surface area contributed by atoms with E-state index in [0.29, 0.717) is 12.0 Å². The second-order valence-electron chi connectivity index (χ2n) is 7.44. The van der Waals surface area contributed by atoms with E-state index in [4.69, 9.17) is 4.74 Å². The van der Waals surface area contributed by atoms with Crippen LogP contribution in [0.3, 0.4) is 0 Å². The summed E-state index contributed by atoms with van der Waals surface area (Å²) < 4.78 is 18.8. The number of benzene rings is 1. The number of nitrogens with zero attached hydrogens (tertiary/aromatic N) is 2. The van der Waals surface area contributed by atoms with Crippen LogP contribution >= 0.6 is 0 Å². The zero-order valence-corrected chi connectivity index (χ0v) is 14.2. The van der Waals surface area contributed by atoms with Gasteiger partial charge >= 0.3 is 0 Å². The third kappa shape index (κ3) is 3.07. The molecule has 2 heterocycles. The predicted octanol–water partition coefficient (Wildman–Crippen LogP) is 2.11. The largest absolute Gasteiger partial charge is 0.379 e. The maximum Gasteiger partial charge on any atom is 0.226 e. The molecule has 0 N–H and O–H groups in total. The molecule has 3 aliphatic rings. The van der Waals surface area contributed by atoms with E-state index in [1.54, 1.807) is 12.1 Å². The van der Waals surface area contributed by atoms with Crippen molar-refractivity contribution >= 4 is 5.91 Å². The molecule has 0 spiro atoms. The van der Waals surface area contributed by atoms with Crippen molar-refractivity contribution in [2.24, 2.45) is 11.8 Å². The van der Waals surface area contributed by atoms with Gasteiger partial charge in [0, 0.05) is 38.1 Å². The van der Waals surface area contributed by atoms with Crippen LogP contribution in [-0.2, 0) is 9.53 Å². The van der Waals surface area contributed by atoms with Gasteiger partial charge in [0.2, 0.25) is 5.91 Å². The highest BCUT2D eigenvalue weighted by Gasteiger charge is 2.48. The Morgan fingerprint density at radius 3 is 2.79 bits per heavy atom. The Morgan fingerprint density at radius 1 is 1.25 bits per heavy atom. The molecule has 0 aromatic heterocycles. The summed E-state index contributed by atoms with van der Waals surface area (Å²) in [5.41, 5.74) is 0.963. The van der Waals surface area contributed by atoms with Gasteiger partial charge in [0.25, 0.3) is 0 Å². The number of rotatable bonds is 3. The van der Waals surface area contributed by atoms with Gasteiger partial charge in [0.15, 0.2) is 0 Å². The van der Waals surface area contributed by atoms with Crippen molar-refractivity contribution in [2.75, 3.05) is 39.4 Å². The molecule has 1 aromatic carbocycles. The summed E-state index contributed by atoms with van der Waals surface area (Å²) in [5.74, 6) is 0.784. The van der Waals surface area contributed by atoms with Crippen LogP contribution in [-0.4, -0.2) is 61.1 Å². The smallest absolute Gasteiger partial charge is 0.226 e. The Morgan fingerprint density at radius 2 is 2.04 bits per heavy atom. The molecule has 1 saturated carbocycles. The highest BCUT2D eigenvalue weighted by atomic mass is 19.1. The molecule has 4 rings (SSSR count). The first-order chi connectivity index (χ1) is 11.6. The second-order valence-corrected chi connectivity index (χ2v) is 7.44. The normalized spacial score (nSPS) is 33.7. The average molecular weight is 332 g/mol. The fraction of sp³-hybridized carbons (Fsp3) is 0.632. The number of morpholine rings is 1. The van der Waals surface area contributed by atoms with Gasteiger partial charge in [-0.2, -0.15) is 0 Å². The van der Waals surface area contributed by atoms with Crippen LogP contribution in [0.25, 0.3) is 0 Å². The molecule has 4 atom stereocenters. The summed E-state index contributed by atoms with van der Waals surface area (Å²) in [4.78, 5) is 17.3. The molecule has 5 heteroatoms. The SMILES string of the molecule is C[C@@H]1CN(C(=O)[C@@H]2C[C@H]2c2cccc(F)c2)C[C@@H]1N1CCOCC1. The number of amides is 1. The Kier molecular flexibility index (Phi) is 4.31. The molecule has 24 heavy (non-hydrogen) atoms. The van der Waals surface area contributed by atoms with Crippen LogP contribution < -0.4 is 0 Å². The number of likely N-dealkylation sites (tertiary alicyclic amines) is 1. The van der Waals surface area contributed by atoms with Gasteiger partial charge in [-0.1, -0.05) is 19.1 Å². The Balaban J connectivity index is 1.38. The van der Waals surface area contributed by atoms with Gasteiger partial charge in [-0.05, 0) is 36.0 Å². The van der Waals surface area contributed by atoms with Crippen LogP contribution in [0.1, 0.15) is 24.8 Å². The van der Waals surface area contributed by atoms with Gasteiger partial charge < -0.3 is 9.64 Å².